The molecule has 0 N–H and O–H groups in total. The minimum Gasteiger partial charge on any atom is -0.345 e. The van der Waals surface area contributed by atoms with Crippen LogP contribution in [0.25, 0.3) is 11.0 Å². The third-order valence-corrected chi connectivity index (χ3v) is 2.47. The van der Waals surface area contributed by atoms with E-state index in [1.54, 1.807) is 35.8 Å². The highest BCUT2D eigenvalue weighted by molar-refractivity contribution is 5.96. The Kier molecular flexibility index (Phi) is 2.60. The van der Waals surface area contributed by atoms with E-state index in [0.29, 0.717) is 5.56 Å². The molecule has 2 rings (SSSR count). The van der Waals surface area contributed by atoms with E-state index in [1.807, 2.05) is 13.0 Å². The van der Waals surface area contributed by atoms with Crippen LogP contribution in [0.3, 0.4) is 0 Å². The average Bonchev–Trinajstić information content (AvgIpc) is 2.69. The van der Waals surface area contributed by atoms with Crippen molar-refractivity contribution in [3.8, 4) is 0 Å². The average molecular weight is 218 g/mol. The minimum atomic E-state index is -0.0204. The summed E-state index contributed by atoms with van der Waals surface area (Å²) >= 11 is 0. The molecule has 0 aliphatic heterocycles. The molecule has 0 aliphatic carbocycles. The predicted octanol–water partition coefficient (Wildman–Crippen LogP) is 1.15. The molecule has 0 saturated carbocycles. The number of aryl methyl sites for hydroxylation is 1. The molecule has 5 heteroatoms. The Morgan fingerprint density at radius 1 is 1.44 bits per heavy atom. The Morgan fingerprint density at radius 3 is 2.81 bits per heavy atom. The van der Waals surface area contributed by atoms with Gasteiger partial charge in [0.1, 0.15) is 5.52 Å². The largest absolute Gasteiger partial charge is 0.345 e. The molecule has 0 radical (unpaired) electrons. The van der Waals surface area contributed by atoms with E-state index in [0.717, 1.165) is 17.6 Å². The predicted molar refractivity (Wildman–Crippen MR) is 61.2 cm³/mol. The van der Waals surface area contributed by atoms with Crippen LogP contribution in [0.2, 0.25) is 0 Å². The lowest BCUT2D eigenvalue weighted by molar-refractivity contribution is 0.0828. The number of rotatable bonds is 2. The molecule has 0 bridgehead atoms. The van der Waals surface area contributed by atoms with E-state index >= 15 is 0 Å². The lowest BCUT2D eigenvalue weighted by atomic mass is 10.2. The lowest BCUT2D eigenvalue weighted by Crippen LogP contribution is -2.21. The quantitative estimate of drug-likeness (QED) is 0.759. The summed E-state index contributed by atoms with van der Waals surface area (Å²) in [6.07, 6.45) is 0. The van der Waals surface area contributed by atoms with Crippen LogP contribution < -0.4 is 0 Å². The minimum absolute atomic E-state index is 0.0204. The first-order chi connectivity index (χ1) is 7.63. The Bertz CT molecular complexity index is 530. The van der Waals surface area contributed by atoms with Crippen molar-refractivity contribution >= 4 is 16.9 Å². The maximum absolute atomic E-state index is 11.7. The van der Waals surface area contributed by atoms with Gasteiger partial charge in [0.15, 0.2) is 0 Å². The molecular formula is C11H14N4O. The van der Waals surface area contributed by atoms with Gasteiger partial charge in [-0.2, -0.15) is 0 Å². The van der Waals surface area contributed by atoms with Crippen molar-refractivity contribution in [1.29, 1.82) is 0 Å². The SMILES string of the molecule is CCn1nnc2cc(C(=O)N(C)C)ccc21. The monoisotopic (exact) mass is 218 g/mol. The van der Waals surface area contributed by atoms with E-state index in [4.69, 9.17) is 0 Å². The fourth-order valence-electron chi connectivity index (χ4n) is 1.60. The van der Waals surface area contributed by atoms with Crippen LogP contribution in [-0.2, 0) is 6.54 Å². The van der Waals surface area contributed by atoms with E-state index < -0.39 is 0 Å². The molecule has 1 aromatic heterocycles. The Balaban J connectivity index is 2.49. The van der Waals surface area contributed by atoms with Crippen LogP contribution >= 0.6 is 0 Å². The van der Waals surface area contributed by atoms with Gasteiger partial charge >= 0.3 is 0 Å². The number of hydrogen-bond donors (Lipinski definition) is 0. The highest BCUT2D eigenvalue weighted by atomic mass is 16.2. The fraction of sp³-hybridized carbons (Fsp3) is 0.364. The molecule has 1 aromatic carbocycles. The van der Waals surface area contributed by atoms with Gasteiger partial charge in [0.25, 0.3) is 5.91 Å². The van der Waals surface area contributed by atoms with Gasteiger partial charge < -0.3 is 4.90 Å². The number of carbonyl (C=O) groups is 1. The van der Waals surface area contributed by atoms with Crippen LogP contribution in [0.4, 0.5) is 0 Å². The second-order valence-electron chi connectivity index (χ2n) is 3.81. The van der Waals surface area contributed by atoms with Gasteiger partial charge in [-0.1, -0.05) is 5.21 Å². The van der Waals surface area contributed by atoms with Gasteiger partial charge in [0, 0.05) is 26.2 Å². The second-order valence-corrected chi connectivity index (χ2v) is 3.81. The molecule has 0 fully saturated rings. The number of amides is 1. The molecule has 0 saturated heterocycles. The molecule has 0 aliphatic rings. The van der Waals surface area contributed by atoms with E-state index in [9.17, 15) is 4.79 Å². The maximum atomic E-state index is 11.7. The fourth-order valence-corrected chi connectivity index (χ4v) is 1.60. The molecular weight excluding hydrogens is 204 g/mol. The van der Waals surface area contributed by atoms with Gasteiger partial charge in [0.2, 0.25) is 0 Å². The summed E-state index contributed by atoms with van der Waals surface area (Å²) in [4.78, 5) is 13.3. The van der Waals surface area contributed by atoms with Crippen molar-refractivity contribution in [1.82, 2.24) is 19.9 Å². The lowest BCUT2D eigenvalue weighted by Gasteiger charge is -2.09. The summed E-state index contributed by atoms with van der Waals surface area (Å²) in [5, 5.41) is 8.03. The van der Waals surface area contributed by atoms with Crippen LogP contribution in [-0.4, -0.2) is 39.9 Å². The zero-order valence-electron chi connectivity index (χ0n) is 9.64. The second kappa shape index (κ2) is 3.92. The van der Waals surface area contributed by atoms with Gasteiger partial charge in [-0.15, -0.1) is 5.10 Å². The van der Waals surface area contributed by atoms with Crippen molar-refractivity contribution in [2.75, 3.05) is 14.1 Å². The van der Waals surface area contributed by atoms with Crippen LogP contribution in [0.5, 0.6) is 0 Å². The van der Waals surface area contributed by atoms with Gasteiger partial charge in [-0.05, 0) is 25.1 Å². The van der Waals surface area contributed by atoms with Gasteiger partial charge in [-0.25, -0.2) is 4.68 Å². The first kappa shape index (κ1) is 10.6. The van der Waals surface area contributed by atoms with Gasteiger partial charge in [-0.3, -0.25) is 4.79 Å². The molecule has 2 aromatic rings. The molecule has 0 unspecified atom stereocenters. The normalized spacial score (nSPS) is 10.7. The first-order valence-electron chi connectivity index (χ1n) is 5.18. The summed E-state index contributed by atoms with van der Waals surface area (Å²) in [5.41, 5.74) is 2.35. The number of nitrogens with zero attached hydrogens (tertiary/aromatic N) is 4. The van der Waals surface area contributed by atoms with Crippen molar-refractivity contribution in [2.24, 2.45) is 0 Å². The zero-order valence-corrected chi connectivity index (χ0v) is 9.64. The van der Waals surface area contributed by atoms with E-state index in [1.165, 1.54) is 0 Å². The molecule has 5 nitrogen and oxygen atoms in total. The maximum Gasteiger partial charge on any atom is 0.253 e. The zero-order chi connectivity index (χ0) is 11.7. The van der Waals surface area contributed by atoms with Crippen LogP contribution in [0, 0.1) is 0 Å². The first-order valence-corrected chi connectivity index (χ1v) is 5.18. The number of carbonyl (C=O) groups excluding carboxylic acids is 1. The summed E-state index contributed by atoms with van der Waals surface area (Å²) < 4.78 is 1.80. The van der Waals surface area contributed by atoms with Crippen LogP contribution in [0.15, 0.2) is 18.2 Å². The highest BCUT2D eigenvalue weighted by Gasteiger charge is 2.10. The Morgan fingerprint density at radius 2 is 2.19 bits per heavy atom. The van der Waals surface area contributed by atoms with Crippen LogP contribution in [0.1, 0.15) is 17.3 Å². The molecule has 0 atom stereocenters. The Hall–Kier alpha value is -1.91. The standard InChI is InChI=1S/C11H14N4O/c1-4-15-10-6-5-8(11(16)14(2)3)7-9(10)12-13-15/h5-7H,4H2,1-3H3. The van der Waals surface area contributed by atoms with E-state index in [2.05, 4.69) is 10.3 Å². The van der Waals surface area contributed by atoms with Crippen molar-refractivity contribution in [2.45, 2.75) is 13.5 Å². The highest BCUT2D eigenvalue weighted by Crippen LogP contribution is 2.14. The molecule has 0 spiro atoms. The smallest absolute Gasteiger partial charge is 0.253 e. The van der Waals surface area contributed by atoms with Crippen molar-refractivity contribution < 1.29 is 4.79 Å². The van der Waals surface area contributed by atoms with Crippen molar-refractivity contribution in [3.05, 3.63) is 23.8 Å². The number of aromatic nitrogens is 3. The third kappa shape index (κ3) is 1.64. The summed E-state index contributed by atoms with van der Waals surface area (Å²) in [7, 11) is 3.46. The van der Waals surface area contributed by atoms with E-state index in [-0.39, 0.29) is 5.91 Å². The molecule has 84 valence electrons. The summed E-state index contributed by atoms with van der Waals surface area (Å²) in [6.45, 7) is 2.78. The number of benzene rings is 1. The molecule has 16 heavy (non-hydrogen) atoms. The molecule has 1 amide bonds. The van der Waals surface area contributed by atoms with Crippen molar-refractivity contribution in [3.63, 3.8) is 0 Å². The Labute approximate surface area is 93.7 Å². The van der Waals surface area contributed by atoms with Gasteiger partial charge in [0.05, 0.1) is 5.52 Å². The third-order valence-electron chi connectivity index (χ3n) is 2.47. The summed E-state index contributed by atoms with van der Waals surface area (Å²) in [6, 6.07) is 5.46. The number of fused-ring (bicyclic) bond motifs is 1. The molecule has 1 heterocycles. The topological polar surface area (TPSA) is 51.0 Å². The summed E-state index contributed by atoms with van der Waals surface area (Å²) in [5.74, 6) is -0.0204. The number of hydrogen-bond acceptors (Lipinski definition) is 3.